The van der Waals surface area contributed by atoms with Crippen LogP contribution in [0.3, 0.4) is 0 Å². The summed E-state index contributed by atoms with van der Waals surface area (Å²) in [5.74, 6) is 1.46. The minimum absolute atomic E-state index is 0.0202. The quantitative estimate of drug-likeness (QED) is 0.733. The van der Waals surface area contributed by atoms with E-state index in [0.717, 1.165) is 22.3 Å². The van der Waals surface area contributed by atoms with Gasteiger partial charge in [-0.15, -0.1) is 0 Å². The van der Waals surface area contributed by atoms with Crippen molar-refractivity contribution in [2.24, 2.45) is 0 Å². The molecule has 0 fully saturated rings. The van der Waals surface area contributed by atoms with Crippen LogP contribution in [0.25, 0.3) is 10.8 Å². The zero-order valence-corrected chi connectivity index (χ0v) is 14.0. The Morgan fingerprint density at radius 1 is 1.00 bits per heavy atom. The number of ether oxygens (including phenoxy) is 2. The maximum atomic E-state index is 12.7. The van der Waals surface area contributed by atoms with Crippen molar-refractivity contribution in [2.45, 2.75) is 6.10 Å². The number of para-hydroxylation sites is 2. The predicted octanol–water partition coefficient (Wildman–Crippen LogP) is 3.75. The van der Waals surface area contributed by atoms with Crippen LogP contribution in [0.5, 0.6) is 11.5 Å². The van der Waals surface area contributed by atoms with Gasteiger partial charge in [0.05, 0.1) is 6.54 Å². The van der Waals surface area contributed by atoms with E-state index in [4.69, 9.17) is 9.47 Å². The van der Waals surface area contributed by atoms with E-state index in [1.807, 2.05) is 66.7 Å². The van der Waals surface area contributed by atoms with E-state index in [1.165, 1.54) is 0 Å². The Hall–Kier alpha value is -3.01. The van der Waals surface area contributed by atoms with Gasteiger partial charge in [-0.1, -0.05) is 42.5 Å². The summed E-state index contributed by atoms with van der Waals surface area (Å²) in [7, 11) is 1.79. The van der Waals surface area contributed by atoms with E-state index in [2.05, 4.69) is 0 Å². The van der Waals surface area contributed by atoms with E-state index in [-0.39, 0.29) is 12.0 Å². The number of fused-ring (bicyclic) bond motifs is 2. The third-order valence-electron chi connectivity index (χ3n) is 4.39. The molecule has 1 aliphatic heterocycles. The molecule has 3 aromatic carbocycles. The summed E-state index contributed by atoms with van der Waals surface area (Å²) in [4.78, 5) is 14.4. The number of likely N-dealkylation sites (N-methyl/N-ethyl adjacent to an activating group) is 1. The second kappa shape index (κ2) is 6.48. The standard InChI is InChI=1S/C21H19NO3/c1-22(13-18-14-24-19-8-4-5-9-20(19)25-18)21(23)17-11-10-15-6-2-3-7-16(15)12-17/h2-12,18H,13-14H2,1H3. The third-order valence-corrected chi connectivity index (χ3v) is 4.39. The van der Waals surface area contributed by atoms with Gasteiger partial charge in [0.2, 0.25) is 0 Å². The fraction of sp³-hybridized carbons (Fsp3) is 0.190. The molecule has 1 heterocycles. The lowest BCUT2D eigenvalue weighted by molar-refractivity contribution is 0.0521. The Kier molecular flexibility index (Phi) is 4.02. The highest BCUT2D eigenvalue weighted by Crippen LogP contribution is 2.31. The van der Waals surface area contributed by atoms with Crippen LogP contribution in [0.4, 0.5) is 0 Å². The fourth-order valence-electron chi connectivity index (χ4n) is 3.08. The second-order valence-electron chi connectivity index (χ2n) is 6.25. The smallest absolute Gasteiger partial charge is 0.253 e. The Morgan fingerprint density at radius 2 is 1.72 bits per heavy atom. The molecule has 126 valence electrons. The minimum atomic E-state index is -0.177. The number of carbonyl (C=O) groups is 1. The summed E-state index contributed by atoms with van der Waals surface area (Å²) in [5.41, 5.74) is 0.679. The maximum absolute atomic E-state index is 12.7. The number of nitrogens with zero attached hydrogens (tertiary/aromatic N) is 1. The van der Waals surface area contributed by atoms with Crippen molar-refractivity contribution in [3.63, 3.8) is 0 Å². The van der Waals surface area contributed by atoms with Gasteiger partial charge in [-0.25, -0.2) is 0 Å². The molecule has 1 amide bonds. The molecule has 1 atom stereocenters. The number of benzene rings is 3. The van der Waals surface area contributed by atoms with Crippen LogP contribution < -0.4 is 9.47 Å². The molecule has 0 saturated carbocycles. The molecule has 1 aliphatic rings. The lowest BCUT2D eigenvalue weighted by Crippen LogP contribution is -2.41. The lowest BCUT2D eigenvalue weighted by atomic mass is 10.1. The van der Waals surface area contributed by atoms with Crippen molar-refractivity contribution in [2.75, 3.05) is 20.2 Å². The number of carbonyl (C=O) groups excluding carboxylic acids is 1. The van der Waals surface area contributed by atoms with Gasteiger partial charge < -0.3 is 14.4 Å². The van der Waals surface area contributed by atoms with Gasteiger partial charge in [0.1, 0.15) is 6.61 Å². The molecule has 25 heavy (non-hydrogen) atoms. The molecule has 0 radical (unpaired) electrons. The average Bonchev–Trinajstić information content (AvgIpc) is 2.67. The summed E-state index contributed by atoms with van der Waals surface area (Å²) in [6.07, 6.45) is -0.177. The van der Waals surface area contributed by atoms with E-state index in [0.29, 0.717) is 18.7 Å². The van der Waals surface area contributed by atoms with Gasteiger partial charge in [-0.2, -0.15) is 0 Å². The third kappa shape index (κ3) is 3.15. The number of amides is 1. The van der Waals surface area contributed by atoms with E-state index in [9.17, 15) is 4.79 Å². The summed E-state index contributed by atoms with van der Waals surface area (Å²) < 4.78 is 11.7. The van der Waals surface area contributed by atoms with Crippen LogP contribution in [-0.4, -0.2) is 37.1 Å². The maximum Gasteiger partial charge on any atom is 0.253 e. The largest absolute Gasteiger partial charge is 0.486 e. The number of rotatable bonds is 3. The molecule has 4 nitrogen and oxygen atoms in total. The Morgan fingerprint density at radius 3 is 2.56 bits per heavy atom. The monoisotopic (exact) mass is 333 g/mol. The van der Waals surface area contributed by atoms with Gasteiger partial charge >= 0.3 is 0 Å². The van der Waals surface area contributed by atoms with Crippen molar-refractivity contribution in [1.29, 1.82) is 0 Å². The Balaban J connectivity index is 1.47. The Bertz CT molecular complexity index is 922. The van der Waals surface area contributed by atoms with Crippen molar-refractivity contribution >= 4 is 16.7 Å². The minimum Gasteiger partial charge on any atom is -0.486 e. The highest BCUT2D eigenvalue weighted by molar-refractivity contribution is 5.98. The molecule has 3 aromatic rings. The van der Waals surface area contributed by atoms with Gasteiger partial charge in [0.25, 0.3) is 5.91 Å². The van der Waals surface area contributed by atoms with Crippen LogP contribution in [0.1, 0.15) is 10.4 Å². The first kappa shape index (κ1) is 15.5. The normalized spacial score (nSPS) is 15.8. The molecule has 0 N–H and O–H groups in total. The fourth-order valence-corrected chi connectivity index (χ4v) is 3.08. The second-order valence-corrected chi connectivity index (χ2v) is 6.25. The lowest BCUT2D eigenvalue weighted by Gasteiger charge is -2.29. The molecule has 4 heteroatoms. The van der Waals surface area contributed by atoms with Crippen LogP contribution in [0.2, 0.25) is 0 Å². The van der Waals surface area contributed by atoms with Crippen molar-refractivity contribution in [3.8, 4) is 11.5 Å². The molecular weight excluding hydrogens is 314 g/mol. The SMILES string of the molecule is CN(CC1COc2ccccc2O1)C(=O)c1ccc2ccccc2c1. The average molecular weight is 333 g/mol. The molecule has 0 saturated heterocycles. The molecular formula is C21H19NO3. The number of hydrogen-bond acceptors (Lipinski definition) is 3. The summed E-state index contributed by atoms with van der Waals surface area (Å²) >= 11 is 0. The molecule has 4 rings (SSSR count). The highest BCUT2D eigenvalue weighted by Gasteiger charge is 2.24. The van der Waals surface area contributed by atoms with Crippen LogP contribution in [-0.2, 0) is 0 Å². The van der Waals surface area contributed by atoms with Gasteiger partial charge in [-0.3, -0.25) is 4.79 Å². The first-order valence-electron chi connectivity index (χ1n) is 8.33. The summed E-state index contributed by atoms with van der Waals surface area (Å²) in [6.45, 7) is 0.909. The van der Waals surface area contributed by atoms with Crippen molar-refractivity contribution in [3.05, 3.63) is 72.3 Å². The molecule has 0 bridgehead atoms. The first-order chi connectivity index (χ1) is 12.2. The molecule has 0 aliphatic carbocycles. The van der Waals surface area contributed by atoms with Gasteiger partial charge in [-0.05, 0) is 35.0 Å². The van der Waals surface area contributed by atoms with Gasteiger partial charge in [0, 0.05) is 12.6 Å². The topological polar surface area (TPSA) is 38.8 Å². The van der Waals surface area contributed by atoms with Crippen LogP contribution in [0, 0.1) is 0 Å². The van der Waals surface area contributed by atoms with E-state index >= 15 is 0 Å². The Labute approximate surface area is 146 Å². The summed E-state index contributed by atoms with van der Waals surface area (Å²) in [6, 6.07) is 21.4. The number of hydrogen-bond donors (Lipinski definition) is 0. The zero-order chi connectivity index (χ0) is 17.2. The first-order valence-corrected chi connectivity index (χ1v) is 8.33. The van der Waals surface area contributed by atoms with Crippen LogP contribution >= 0.6 is 0 Å². The molecule has 0 aromatic heterocycles. The van der Waals surface area contributed by atoms with E-state index in [1.54, 1.807) is 11.9 Å². The van der Waals surface area contributed by atoms with Crippen molar-refractivity contribution < 1.29 is 14.3 Å². The molecule has 0 spiro atoms. The molecule has 1 unspecified atom stereocenters. The predicted molar refractivity (Wildman–Crippen MR) is 97.3 cm³/mol. The van der Waals surface area contributed by atoms with Gasteiger partial charge in [0.15, 0.2) is 17.6 Å². The van der Waals surface area contributed by atoms with Crippen LogP contribution in [0.15, 0.2) is 66.7 Å². The van der Waals surface area contributed by atoms with E-state index < -0.39 is 0 Å². The zero-order valence-electron chi connectivity index (χ0n) is 14.0. The highest BCUT2D eigenvalue weighted by atomic mass is 16.6. The van der Waals surface area contributed by atoms with Crippen molar-refractivity contribution in [1.82, 2.24) is 4.90 Å². The summed E-state index contributed by atoms with van der Waals surface area (Å²) in [5, 5.41) is 2.19.